The number of hydrogen-bond acceptors (Lipinski definition) is 3. The van der Waals surface area contributed by atoms with Gasteiger partial charge in [-0.3, -0.25) is 16.3 Å². The lowest BCUT2D eigenvalue weighted by Gasteiger charge is -2.26. The molecule has 1 unspecified atom stereocenters. The lowest BCUT2D eigenvalue weighted by atomic mass is 9.86. The van der Waals surface area contributed by atoms with Crippen LogP contribution in [-0.2, 0) is 0 Å². The largest absolute Gasteiger partial charge is 0.271 e. The maximum Gasteiger partial charge on any atom is 0.0750 e. The standard InChI is InChI=1S/C17H23N3/c18-20-17(14-7-3-1-2-4-8-14)15-11-5-9-13-10-6-12-19-16(13)15/h5-6,9-12,14,17,20H,1-4,7-8,18H2. The summed E-state index contributed by atoms with van der Waals surface area (Å²) >= 11 is 0. The predicted molar refractivity (Wildman–Crippen MR) is 83.0 cm³/mol. The zero-order valence-electron chi connectivity index (χ0n) is 11.9. The molecule has 1 aliphatic carbocycles. The van der Waals surface area contributed by atoms with Crippen molar-refractivity contribution in [2.75, 3.05) is 0 Å². The highest BCUT2D eigenvalue weighted by molar-refractivity contribution is 5.82. The Morgan fingerprint density at radius 1 is 1.05 bits per heavy atom. The Hall–Kier alpha value is -1.45. The second-order valence-corrected chi connectivity index (χ2v) is 5.82. The maximum absolute atomic E-state index is 5.90. The smallest absolute Gasteiger partial charge is 0.0750 e. The van der Waals surface area contributed by atoms with Gasteiger partial charge in [0.2, 0.25) is 0 Å². The second-order valence-electron chi connectivity index (χ2n) is 5.82. The van der Waals surface area contributed by atoms with E-state index in [0.717, 1.165) is 5.52 Å². The van der Waals surface area contributed by atoms with Gasteiger partial charge < -0.3 is 0 Å². The number of nitrogens with one attached hydrogen (secondary N) is 1. The number of para-hydroxylation sites is 1. The molecule has 0 radical (unpaired) electrons. The third-order valence-corrected chi connectivity index (χ3v) is 4.55. The van der Waals surface area contributed by atoms with E-state index in [1.165, 1.54) is 49.5 Å². The summed E-state index contributed by atoms with van der Waals surface area (Å²) < 4.78 is 0. The average Bonchev–Trinajstić information content (AvgIpc) is 2.78. The van der Waals surface area contributed by atoms with Gasteiger partial charge in [-0.1, -0.05) is 49.9 Å². The molecule has 2 aromatic rings. The van der Waals surface area contributed by atoms with Crippen molar-refractivity contribution in [2.45, 2.75) is 44.6 Å². The molecule has 1 fully saturated rings. The summed E-state index contributed by atoms with van der Waals surface area (Å²) in [5, 5.41) is 1.19. The average molecular weight is 269 g/mol. The number of benzene rings is 1. The van der Waals surface area contributed by atoms with Crippen LogP contribution in [0.4, 0.5) is 0 Å². The number of aromatic nitrogens is 1. The summed E-state index contributed by atoms with van der Waals surface area (Å²) in [6.45, 7) is 0. The van der Waals surface area contributed by atoms with Crippen LogP contribution in [-0.4, -0.2) is 4.98 Å². The Balaban J connectivity index is 1.98. The molecular weight excluding hydrogens is 246 g/mol. The van der Waals surface area contributed by atoms with Gasteiger partial charge in [0.25, 0.3) is 0 Å². The van der Waals surface area contributed by atoms with Crippen molar-refractivity contribution in [3.05, 3.63) is 42.1 Å². The Morgan fingerprint density at radius 3 is 2.55 bits per heavy atom. The number of nitrogens with zero attached hydrogens (tertiary/aromatic N) is 1. The summed E-state index contributed by atoms with van der Waals surface area (Å²) in [7, 11) is 0. The van der Waals surface area contributed by atoms with Crippen LogP contribution in [0.15, 0.2) is 36.5 Å². The topological polar surface area (TPSA) is 50.9 Å². The van der Waals surface area contributed by atoms with Crippen LogP contribution in [0.1, 0.15) is 50.1 Å². The number of rotatable bonds is 3. The fourth-order valence-electron chi connectivity index (χ4n) is 3.50. The molecule has 0 amide bonds. The van der Waals surface area contributed by atoms with Crippen molar-refractivity contribution < 1.29 is 0 Å². The molecule has 3 heteroatoms. The van der Waals surface area contributed by atoms with Gasteiger partial charge in [-0.2, -0.15) is 0 Å². The second kappa shape index (κ2) is 6.33. The highest BCUT2D eigenvalue weighted by Crippen LogP contribution is 2.35. The molecule has 106 valence electrons. The lowest BCUT2D eigenvalue weighted by Crippen LogP contribution is -2.33. The predicted octanol–water partition coefficient (Wildman–Crippen LogP) is 3.71. The molecule has 1 aromatic heterocycles. The number of pyridine rings is 1. The Labute approximate surface area is 120 Å². The van der Waals surface area contributed by atoms with Crippen molar-refractivity contribution in [3.63, 3.8) is 0 Å². The van der Waals surface area contributed by atoms with E-state index in [0.29, 0.717) is 5.92 Å². The fourth-order valence-corrected chi connectivity index (χ4v) is 3.50. The van der Waals surface area contributed by atoms with Gasteiger partial charge in [0.05, 0.1) is 11.6 Å². The molecular formula is C17H23N3. The van der Waals surface area contributed by atoms with E-state index in [4.69, 9.17) is 5.84 Å². The van der Waals surface area contributed by atoms with E-state index in [2.05, 4.69) is 34.7 Å². The first-order valence-corrected chi connectivity index (χ1v) is 7.70. The van der Waals surface area contributed by atoms with E-state index in [-0.39, 0.29) is 6.04 Å². The first-order valence-electron chi connectivity index (χ1n) is 7.70. The third-order valence-electron chi connectivity index (χ3n) is 4.55. The van der Waals surface area contributed by atoms with Gasteiger partial charge in [0, 0.05) is 11.6 Å². The van der Waals surface area contributed by atoms with Gasteiger partial charge in [-0.25, -0.2) is 0 Å². The van der Waals surface area contributed by atoms with Gasteiger partial charge in [0.1, 0.15) is 0 Å². The van der Waals surface area contributed by atoms with Crippen molar-refractivity contribution in [1.29, 1.82) is 0 Å². The fraction of sp³-hybridized carbons (Fsp3) is 0.471. The molecule has 0 spiro atoms. The molecule has 3 N–H and O–H groups in total. The minimum atomic E-state index is 0.215. The molecule has 1 saturated carbocycles. The summed E-state index contributed by atoms with van der Waals surface area (Å²) in [4.78, 5) is 4.57. The minimum Gasteiger partial charge on any atom is -0.271 e. The number of nitrogens with two attached hydrogens (primary N) is 1. The van der Waals surface area contributed by atoms with E-state index in [1.807, 2.05) is 12.3 Å². The van der Waals surface area contributed by atoms with Crippen molar-refractivity contribution >= 4 is 10.9 Å². The molecule has 1 atom stereocenters. The summed E-state index contributed by atoms with van der Waals surface area (Å²) in [5.74, 6) is 6.52. The zero-order chi connectivity index (χ0) is 13.8. The lowest BCUT2D eigenvalue weighted by molar-refractivity contribution is 0.330. The van der Waals surface area contributed by atoms with Crippen molar-refractivity contribution in [3.8, 4) is 0 Å². The van der Waals surface area contributed by atoms with Crippen molar-refractivity contribution in [2.24, 2.45) is 11.8 Å². The normalized spacial score (nSPS) is 18.9. The van der Waals surface area contributed by atoms with Crippen LogP contribution in [0.25, 0.3) is 10.9 Å². The van der Waals surface area contributed by atoms with E-state index >= 15 is 0 Å². The Kier molecular flexibility index (Phi) is 4.28. The van der Waals surface area contributed by atoms with Crippen LogP contribution >= 0.6 is 0 Å². The molecule has 20 heavy (non-hydrogen) atoms. The van der Waals surface area contributed by atoms with E-state index in [1.54, 1.807) is 0 Å². The van der Waals surface area contributed by atoms with Crippen molar-refractivity contribution in [1.82, 2.24) is 10.4 Å². The highest BCUT2D eigenvalue weighted by Gasteiger charge is 2.24. The number of hydrogen-bond donors (Lipinski definition) is 2. The quantitative estimate of drug-likeness (QED) is 0.507. The molecule has 1 heterocycles. The van der Waals surface area contributed by atoms with Crippen LogP contribution in [0.5, 0.6) is 0 Å². The molecule has 1 aliphatic rings. The Bertz CT molecular complexity index is 554. The third kappa shape index (κ3) is 2.69. The minimum absolute atomic E-state index is 0.215. The molecule has 1 aromatic carbocycles. The van der Waals surface area contributed by atoms with Crippen LogP contribution in [0.3, 0.4) is 0 Å². The van der Waals surface area contributed by atoms with Gasteiger partial charge in [0.15, 0.2) is 0 Å². The van der Waals surface area contributed by atoms with Gasteiger partial charge >= 0.3 is 0 Å². The van der Waals surface area contributed by atoms with Crippen LogP contribution < -0.4 is 11.3 Å². The monoisotopic (exact) mass is 269 g/mol. The molecule has 3 nitrogen and oxygen atoms in total. The van der Waals surface area contributed by atoms with Gasteiger partial charge in [-0.15, -0.1) is 0 Å². The molecule has 0 bridgehead atoms. The van der Waals surface area contributed by atoms with Gasteiger partial charge in [-0.05, 0) is 30.4 Å². The van der Waals surface area contributed by atoms with Crippen LogP contribution in [0.2, 0.25) is 0 Å². The summed E-state index contributed by atoms with van der Waals surface area (Å²) in [6, 6.07) is 10.7. The highest BCUT2D eigenvalue weighted by atomic mass is 15.2. The zero-order valence-corrected chi connectivity index (χ0v) is 11.9. The molecule has 0 saturated heterocycles. The maximum atomic E-state index is 5.90. The first kappa shape index (κ1) is 13.5. The van der Waals surface area contributed by atoms with E-state index < -0.39 is 0 Å². The van der Waals surface area contributed by atoms with Crippen LogP contribution in [0, 0.1) is 5.92 Å². The summed E-state index contributed by atoms with van der Waals surface area (Å²) in [6.07, 6.45) is 9.76. The number of hydrazine groups is 1. The SMILES string of the molecule is NNC(c1cccc2cccnc12)C1CCCCCC1. The number of fused-ring (bicyclic) bond motifs is 1. The van der Waals surface area contributed by atoms with E-state index in [9.17, 15) is 0 Å². The Morgan fingerprint density at radius 2 is 1.80 bits per heavy atom. The molecule has 0 aliphatic heterocycles. The first-order chi connectivity index (χ1) is 9.90. The molecule has 3 rings (SSSR count). The summed E-state index contributed by atoms with van der Waals surface area (Å²) in [5.41, 5.74) is 5.40.